The molecule has 3 aromatic rings. The number of carboxylic acids is 1. The number of carboxylic acid groups (broad SMARTS) is 1. The van der Waals surface area contributed by atoms with Gasteiger partial charge in [0.25, 0.3) is 10.6 Å². The molecule has 1 aliphatic rings. The fraction of sp³-hybridized carbons (Fsp3) is 0.192. The highest BCUT2D eigenvalue weighted by molar-refractivity contribution is 7.10. The molecular weight excluding hydrogens is 482 g/mol. The molecule has 0 aliphatic carbocycles. The van der Waals surface area contributed by atoms with Gasteiger partial charge >= 0.3 is 5.97 Å². The summed E-state index contributed by atoms with van der Waals surface area (Å²) < 4.78 is 10.2. The minimum absolute atomic E-state index is 0.346. The van der Waals surface area contributed by atoms with Crippen molar-refractivity contribution in [1.82, 2.24) is 9.47 Å². The van der Waals surface area contributed by atoms with Crippen LogP contribution in [0.4, 0.5) is 0 Å². The lowest BCUT2D eigenvalue weighted by Gasteiger charge is -2.15. The number of hydrogen-bond donors (Lipinski definition) is 1. The first-order valence-electron chi connectivity index (χ1n) is 11.0. The van der Waals surface area contributed by atoms with Crippen molar-refractivity contribution < 1.29 is 19.2 Å². The molecule has 1 aromatic carbocycles. The average Bonchev–Trinajstić information content (AvgIpc) is 3.48. The van der Waals surface area contributed by atoms with Crippen LogP contribution in [0.25, 0.3) is 23.9 Å². The smallest absolute Gasteiger partial charge is 0.323 e. The van der Waals surface area contributed by atoms with Crippen molar-refractivity contribution in [3.05, 3.63) is 95.8 Å². The fourth-order valence-corrected chi connectivity index (χ4v) is 5.65. The third-order valence-corrected chi connectivity index (χ3v) is 7.65. The Morgan fingerprint density at radius 2 is 1.97 bits per heavy atom. The summed E-state index contributed by atoms with van der Waals surface area (Å²) in [4.78, 5) is 26.3. The van der Waals surface area contributed by atoms with Gasteiger partial charge in [0.2, 0.25) is 0 Å². The van der Waals surface area contributed by atoms with Crippen LogP contribution in [0.1, 0.15) is 23.2 Å². The van der Waals surface area contributed by atoms with Crippen molar-refractivity contribution in [3.63, 3.8) is 0 Å². The van der Waals surface area contributed by atoms with E-state index >= 15 is 0 Å². The molecule has 0 bridgehead atoms. The van der Waals surface area contributed by atoms with E-state index in [4.69, 9.17) is 4.74 Å². The molecule has 0 radical (unpaired) electrons. The van der Waals surface area contributed by atoms with Gasteiger partial charge in [-0.25, -0.2) is 0 Å². The summed E-state index contributed by atoms with van der Waals surface area (Å²) in [6.07, 6.45) is 10.7. The summed E-state index contributed by atoms with van der Waals surface area (Å²) in [6.45, 7) is 4.61. The number of aryl methyl sites for hydroxylation is 1. The third-order valence-electron chi connectivity index (χ3n) is 5.50. The second kappa shape index (κ2) is 10.7. The van der Waals surface area contributed by atoms with Gasteiger partial charge in [0.1, 0.15) is 19.4 Å². The molecule has 3 heterocycles. The van der Waals surface area contributed by atoms with Gasteiger partial charge in [-0.1, -0.05) is 47.7 Å². The van der Waals surface area contributed by atoms with Crippen molar-refractivity contribution in [2.75, 3.05) is 7.05 Å². The monoisotopic (exact) mass is 508 g/mol. The first-order valence-corrected chi connectivity index (χ1v) is 12.7. The van der Waals surface area contributed by atoms with Crippen molar-refractivity contribution in [1.29, 1.82) is 0 Å². The Balaban J connectivity index is 1.66. The quantitative estimate of drug-likeness (QED) is 0.497. The molecule has 35 heavy (non-hydrogen) atoms. The molecule has 9 heteroatoms. The molecule has 180 valence electrons. The number of aliphatic carboxylic acids is 1. The highest BCUT2D eigenvalue weighted by atomic mass is 32.1. The second-order valence-electron chi connectivity index (χ2n) is 7.79. The van der Waals surface area contributed by atoms with E-state index in [0.29, 0.717) is 15.1 Å². The van der Waals surface area contributed by atoms with Gasteiger partial charge < -0.3 is 14.7 Å². The third kappa shape index (κ3) is 5.36. The first-order chi connectivity index (χ1) is 16.9. The Morgan fingerprint density at radius 3 is 2.69 bits per heavy atom. The summed E-state index contributed by atoms with van der Waals surface area (Å²) in [5.74, 6) is -0.495. The van der Waals surface area contributed by atoms with Gasteiger partial charge in [0.05, 0.1) is 20.3 Å². The van der Waals surface area contributed by atoms with E-state index in [0.717, 1.165) is 22.8 Å². The summed E-state index contributed by atoms with van der Waals surface area (Å²) in [7, 11) is 1.89. The van der Waals surface area contributed by atoms with Crippen LogP contribution in [-0.2, 0) is 22.6 Å². The van der Waals surface area contributed by atoms with Gasteiger partial charge in [-0.05, 0) is 19.1 Å². The number of benzene rings is 1. The summed E-state index contributed by atoms with van der Waals surface area (Å²) in [5.41, 5.74) is 2.77. The zero-order valence-corrected chi connectivity index (χ0v) is 21.3. The SMILES string of the molecule is CC[n+]1c(C)csc1/C=C/C=c1/s/c(=C/C=C2\OC=C(c3ccccc3)N2C)c(=O)n1CC(=O)O. The number of hydrogen-bond acceptors (Lipinski definition) is 6. The summed E-state index contributed by atoms with van der Waals surface area (Å²) >= 11 is 2.89. The minimum atomic E-state index is -1.07. The van der Waals surface area contributed by atoms with Crippen LogP contribution >= 0.6 is 22.7 Å². The summed E-state index contributed by atoms with van der Waals surface area (Å²) in [5, 5.41) is 12.5. The highest BCUT2D eigenvalue weighted by Gasteiger charge is 2.19. The van der Waals surface area contributed by atoms with E-state index in [2.05, 4.69) is 23.8 Å². The summed E-state index contributed by atoms with van der Waals surface area (Å²) in [6, 6.07) is 9.87. The predicted octanol–water partition coefficient (Wildman–Crippen LogP) is 2.75. The van der Waals surface area contributed by atoms with E-state index in [-0.39, 0.29) is 5.56 Å². The predicted molar refractivity (Wildman–Crippen MR) is 140 cm³/mol. The van der Waals surface area contributed by atoms with Crippen LogP contribution in [0.2, 0.25) is 0 Å². The Hall–Kier alpha value is -3.69. The standard InChI is InChI=1S/C26H25N3O4S2/c1-4-28-18(2)17-34-23(28)11-8-12-24-29(15-25(30)31)26(32)21(35-24)13-14-22-27(3)20(16-33-22)19-9-6-5-7-10-19/h5-14,16-17H,4,15H2,1-3H3/p+1/b21-13+,22-14-. The van der Waals surface area contributed by atoms with Crippen molar-refractivity contribution in [2.24, 2.45) is 0 Å². The van der Waals surface area contributed by atoms with E-state index in [1.165, 1.54) is 21.6 Å². The van der Waals surface area contributed by atoms with Gasteiger partial charge in [0.15, 0.2) is 11.6 Å². The van der Waals surface area contributed by atoms with E-state index in [1.807, 2.05) is 54.4 Å². The van der Waals surface area contributed by atoms with Crippen LogP contribution < -0.4 is 19.3 Å². The molecular formula is C26H26N3O4S2+. The largest absolute Gasteiger partial charge is 0.480 e. The molecule has 0 spiro atoms. The molecule has 2 aromatic heterocycles. The van der Waals surface area contributed by atoms with Crippen LogP contribution in [0.5, 0.6) is 0 Å². The normalized spacial score (nSPS) is 15.9. The molecule has 7 nitrogen and oxygen atoms in total. The van der Waals surface area contributed by atoms with E-state index in [1.54, 1.807) is 35.8 Å². The number of ether oxygens (including phenoxy) is 1. The molecule has 0 amide bonds. The number of carbonyl (C=O) groups is 1. The Labute approximate surface area is 210 Å². The van der Waals surface area contributed by atoms with E-state index in [9.17, 15) is 14.7 Å². The van der Waals surface area contributed by atoms with Crippen molar-refractivity contribution in [2.45, 2.75) is 26.9 Å². The lowest BCUT2D eigenvalue weighted by atomic mass is 10.1. The van der Waals surface area contributed by atoms with Crippen LogP contribution in [-0.4, -0.2) is 27.6 Å². The number of nitrogens with zero attached hydrogens (tertiary/aromatic N) is 3. The minimum Gasteiger partial charge on any atom is -0.480 e. The second-order valence-corrected chi connectivity index (χ2v) is 9.74. The highest BCUT2D eigenvalue weighted by Crippen LogP contribution is 2.28. The fourth-order valence-electron chi connectivity index (χ4n) is 3.71. The van der Waals surface area contributed by atoms with Gasteiger partial charge in [-0.15, -0.1) is 11.3 Å². The van der Waals surface area contributed by atoms with Crippen molar-refractivity contribution in [3.8, 4) is 0 Å². The number of allylic oxidation sites excluding steroid dienone is 2. The molecule has 0 saturated heterocycles. The molecule has 1 aliphatic heterocycles. The molecule has 4 rings (SSSR count). The topological polar surface area (TPSA) is 75.7 Å². The number of rotatable bonds is 7. The van der Waals surface area contributed by atoms with Crippen LogP contribution in [0.3, 0.4) is 0 Å². The zero-order valence-electron chi connectivity index (χ0n) is 19.7. The molecule has 0 saturated carbocycles. The Kier molecular flexibility index (Phi) is 7.48. The average molecular weight is 509 g/mol. The van der Waals surface area contributed by atoms with Gasteiger partial charge in [-0.3, -0.25) is 14.2 Å². The maximum Gasteiger partial charge on any atom is 0.323 e. The lowest BCUT2D eigenvalue weighted by molar-refractivity contribution is -0.696. The number of thiazole rings is 2. The Bertz CT molecular complexity index is 1510. The van der Waals surface area contributed by atoms with Gasteiger partial charge in [0, 0.05) is 31.7 Å². The van der Waals surface area contributed by atoms with Crippen molar-refractivity contribution >= 4 is 52.6 Å². The molecule has 0 fully saturated rings. The van der Waals surface area contributed by atoms with E-state index < -0.39 is 12.5 Å². The maximum absolute atomic E-state index is 13.0. The Morgan fingerprint density at radius 1 is 1.20 bits per heavy atom. The molecule has 0 unspecified atom stereocenters. The lowest BCUT2D eigenvalue weighted by Crippen LogP contribution is -2.35. The molecule has 0 atom stereocenters. The number of aromatic nitrogens is 2. The van der Waals surface area contributed by atoms with Crippen LogP contribution in [0.15, 0.2) is 64.8 Å². The first kappa shape index (κ1) is 24.4. The maximum atomic E-state index is 13.0. The zero-order chi connectivity index (χ0) is 24.9. The van der Waals surface area contributed by atoms with Crippen LogP contribution in [0, 0.1) is 6.92 Å². The van der Waals surface area contributed by atoms with Gasteiger partial charge in [-0.2, -0.15) is 4.57 Å². The molecule has 1 N–H and O–H groups in total.